The summed E-state index contributed by atoms with van der Waals surface area (Å²) in [6.45, 7) is 0.399. The molecule has 2 amide bonds. The number of nitrogens with one attached hydrogen (secondary N) is 1. The van der Waals surface area contributed by atoms with Gasteiger partial charge in [-0.25, -0.2) is 4.39 Å². The summed E-state index contributed by atoms with van der Waals surface area (Å²) in [4.78, 5) is 28.1. The largest absolute Gasteiger partial charge is 0.352 e. The molecular formula is C19H21FN2O2S. The molecule has 1 heterocycles. The van der Waals surface area contributed by atoms with Gasteiger partial charge in [-0.3, -0.25) is 9.59 Å². The zero-order valence-electron chi connectivity index (χ0n) is 14.3. The highest BCUT2D eigenvalue weighted by molar-refractivity contribution is 7.14. The second-order valence-electron chi connectivity index (χ2n) is 6.54. The lowest BCUT2D eigenvalue weighted by atomic mass is 9.87. The Labute approximate surface area is 150 Å². The van der Waals surface area contributed by atoms with Gasteiger partial charge in [-0.15, -0.1) is 11.3 Å². The molecule has 1 N–H and O–H groups in total. The fraction of sp³-hybridized carbons (Fsp3) is 0.368. The van der Waals surface area contributed by atoms with Crippen LogP contribution in [0.3, 0.4) is 0 Å². The summed E-state index contributed by atoms with van der Waals surface area (Å²) >= 11 is 1.54. The molecule has 1 atom stereocenters. The van der Waals surface area contributed by atoms with Crippen LogP contribution in [0.1, 0.15) is 32.1 Å². The van der Waals surface area contributed by atoms with Crippen LogP contribution in [0.5, 0.6) is 0 Å². The van der Waals surface area contributed by atoms with E-state index in [0.29, 0.717) is 13.0 Å². The van der Waals surface area contributed by atoms with Crippen molar-refractivity contribution in [1.82, 2.24) is 10.2 Å². The van der Waals surface area contributed by atoms with Crippen LogP contribution < -0.4 is 5.32 Å². The minimum Gasteiger partial charge on any atom is -0.352 e. The molecule has 0 aliphatic heterocycles. The van der Waals surface area contributed by atoms with E-state index in [0.717, 1.165) is 28.8 Å². The smallest absolute Gasteiger partial charge is 0.263 e. The van der Waals surface area contributed by atoms with Crippen LogP contribution in [0.4, 0.5) is 4.39 Å². The van der Waals surface area contributed by atoms with Gasteiger partial charge in [0.25, 0.3) is 5.91 Å². The van der Waals surface area contributed by atoms with Gasteiger partial charge in [-0.1, -0.05) is 12.1 Å². The topological polar surface area (TPSA) is 49.4 Å². The van der Waals surface area contributed by atoms with Gasteiger partial charge in [-0.05, 0) is 48.6 Å². The van der Waals surface area contributed by atoms with E-state index in [1.807, 2.05) is 6.07 Å². The highest BCUT2D eigenvalue weighted by atomic mass is 32.1. The second kappa shape index (κ2) is 7.35. The molecule has 1 aromatic carbocycles. The number of carbonyl (C=O) groups is 2. The average molecular weight is 360 g/mol. The third kappa shape index (κ3) is 4.07. The van der Waals surface area contributed by atoms with Gasteiger partial charge >= 0.3 is 0 Å². The van der Waals surface area contributed by atoms with Crippen molar-refractivity contribution < 1.29 is 14.0 Å². The van der Waals surface area contributed by atoms with Crippen LogP contribution in [-0.4, -0.2) is 30.8 Å². The fourth-order valence-corrected chi connectivity index (χ4v) is 4.24. The summed E-state index contributed by atoms with van der Waals surface area (Å²) in [6, 6.07) is 8.06. The van der Waals surface area contributed by atoms with Gasteiger partial charge < -0.3 is 10.2 Å². The Morgan fingerprint density at radius 2 is 2.00 bits per heavy atom. The number of hydrogen-bond donors (Lipinski definition) is 1. The molecule has 25 heavy (non-hydrogen) atoms. The van der Waals surface area contributed by atoms with E-state index in [-0.39, 0.29) is 23.5 Å². The minimum atomic E-state index is -0.282. The molecule has 0 radical (unpaired) electrons. The average Bonchev–Trinajstić information content (AvgIpc) is 3.03. The molecule has 3 rings (SSSR count). The molecule has 0 spiro atoms. The number of benzene rings is 1. The van der Waals surface area contributed by atoms with Crippen molar-refractivity contribution in [2.45, 2.75) is 25.8 Å². The maximum absolute atomic E-state index is 12.9. The van der Waals surface area contributed by atoms with Gasteiger partial charge in [0.1, 0.15) is 5.82 Å². The molecule has 0 unspecified atom stereocenters. The van der Waals surface area contributed by atoms with E-state index >= 15 is 0 Å². The Balaban J connectivity index is 1.61. The highest BCUT2D eigenvalue weighted by Crippen LogP contribution is 2.33. The van der Waals surface area contributed by atoms with Crippen LogP contribution in [-0.2, 0) is 24.2 Å². The van der Waals surface area contributed by atoms with Crippen LogP contribution in [0.2, 0.25) is 0 Å². The second-order valence-corrected chi connectivity index (χ2v) is 7.68. The summed E-state index contributed by atoms with van der Waals surface area (Å²) in [5.74, 6) is -0.335. The van der Waals surface area contributed by atoms with Gasteiger partial charge in [0, 0.05) is 31.4 Å². The molecule has 0 bridgehead atoms. The molecule has 1 aliphatic rings. The Morgan fingerprint density at radius 1 is 1.28 bits per heavy atom. The highest BCUT2D eigenvalue weighted by Gasteiger charge is 2.27. The molecule has 132 valence electrons. The van der Waals surface area contributed by atoms with E-state index < -0.39 is 0 Å². The zero-order chi connectivity index (χ0) is 18.0. The van der Waals surface area contributed by atoms with Crippen LogP contribution in [0.15, 0.2) is 30.3 Å². The maximum atomic E-state index is 12.9. The van der Waals surface area contributed by atoms with Crippen molar-refractivity contribution >= 4 is 23.2 Å². The van der Waals surface area contributed by atoms with Crippen LogP contribution in [0, 0.1) is 11.7 Å². The van der Waals surface area contributed by atoms with Crippen LogP contribution in [0.25, 0.3) is 0 Å². The first-order chi connectivity index (χ1) is 11.9. The van der Waals surface area contributed by atoms with E-state index in [4.69, 9.17) is 0 Å². The van der Waals surface area contributed by atoms with E-state index in [9.17, 15) is 14.0 Å². The first-order valence-corrected chi connectivity index (χ1v) is 9.11. The van der Waals surface area contributed by atoms with E-state index in [1.165, 1.54) is 28.3 Å². The number of hydrogen-bond acceptors (Lipinski definition) is 3. The number of nitrogens with zero attached hydrogens (tertiary/aromatic N) is 1. The maximum Gasteiger partial charge on any atom is 0.263 e. The normalized spacial score (nSPS) is 16.2. The molecule has 4 nitrogen and oxygen atoms in total. The van der Waals surface area contributed by atoms with Gasteiger partial charge in [0.15, 0.2) is 0 Å². The number of aryl methyl sites for hydroxylation is 1. The van der Waals surface area contributed by atoms with Gasteiger partial charge in [0.2, 0.25) is 5.91 Å². The molecular weight excluding hydrogens is 339 g/mol. The molecule has 6 heteroatoms. The summed E-state index contributed by atoms with van der Waals surface area (Å²) in [6.07, 6.45) is 2.29. The number of halogens is 1. The molecule has 0 saturated carbocycles. The Morgan fingerprint density at radius 3 is 2.68 bits per heavy atom. The van der Waals surface area contributed by atoms with Crippen molar-refractivity contribution in [2.75, 3.05) is 14.1 Å². The number of fused-ring (bicyclic) bond motifs is 1. The SMILES string of the molecule is CN(C)C(=O)c1cc2c(s1)CC[C@H](C(=O)NCc1ccc(F)cc1)C2. The third-order valence-corrected chi connectivity index (χ3v) is 5.68. The van der Waals surface area contributed by atoms with Crippen molar-refractivity contribution in [3.63, 3.8) is 0 Å². The summed E-state index contributed by atoms with van der Waals surface area (Å²) in [5.41, 5.74) is 1.99. The quantitative estimate of drug-likeness (QED) is 0.911. The first-order valence-electron chi connectivity index (χ1n) is 8.29. The van der Waals surface area contributed by atoms with Crippen molar-refractivity contribution in [3.05, 3.63) is 57.0 Å². The zero-order valence-corrected chi connectivity index (χ0v) is 15.2. The Hall–Kier alpha value is -2.21. The summed E-state index contributed by atoms with van der Waals surface area (Å²) in [7, 11) is 3.49. The minimum absolute atomic E-state index is 0.0108. The Bertz CT molecular complexity index is 783. The standard InChI is InChI=1S/C19H21FN2O2S/c1-22(2)19(24)17-10-14-9-13(5-8-16(14)25-17)18(23)21-11-12-3-6-15(20)7-4-12/h3-4,6-7,10,13H,5,8-9,11H2,1-2H3,(H,21,23)/t13-/m0/s1. The number of thiophene rings is 1. The lowest BCUT2D eigenvalue weighted by Gasteiger charge is -2.21. The lowest BCUT2D eigenvalue weighted by molar-refractivity contribution is -0.125. The fourth-order valence-electron chi connectivity index (χ4n) is 3.01. The Kier molecular flexibility index (Phi) is 5.18. The monoisotopic (exact) mass is 360 g/mol. The van der Waals surface area contributed by atoms with Gasteiger partial charge in [-0.2, -0.15) is 0 Å². The third-order valence-electron chi connectivity index (χ3n) is 4.45. The molecule has 0 saturated heterocycles. The molecule has 1 aromatic heterocycles. The van der Waals surface area contributed by atoms with E-state index in [2.05, 4.69) is 5.32 Å². The molecule has 2 aromatic rings. The molecule has 1 aliphatic carbocycles. The molecule has 0 fully saturated rings. The predicted octanol–water partition coefficient (Wildman–Crippen LogP) is 3.01. The number of amides is 2. The van der Waals surface area contributed by atoms with Crippen molar-refractivity contribution in [1.29, 1.82) is 0 Å². The lowest BCUT2D eigenvalue weighted by Crippen LogP contribution is -2.33. The summed E-state index contributed by atoms with van der Waals surface area (Å²) in [5, 5.41) is 2.93. The van der Waals surface area contributed by atoms with Gasteiger partial charge in [0.05, 0.1) is 4.88 Å². The first kappa shape index (κ1) is 17.6. The number of carbonyl (C=O) groups excluding carboxylic acids is 2. The summed E-state index contributed by atoms with van der Waals surface area (Å²) < 4.78 is 12.9. The van der Waals surface area contributed by atoms with E-state index in [1.54, 1.807) is 31.1 Å². The number of rotatable bonds is 4. The van der Waals surface area contributed by atoms with Crippen molar-refractivity contribution in [2.24, 2.45) is 5.92 Å². The van der Waals surface area contributed by atoms with Crippen LogP contribution >= 0.6 is 11.3 Å². The van der Waals surface area contributed by atoms with Crippen molar-refractivity contribution in [3.8, 4) is 0 Å². The predicted molar refractivity (Wildman–Crippen MR) is 96.1 cm³/mol.